The smallest absolute Gasteiger partial charge is 0.254 e. The maximum absolute atomic E-state index is 13.1. The van der Waals surface area contributed by atoms with Crippen LogP contribution in [-0.4, -0.2) is 37.9 Å². The van der Waals surface area contributed by atoms with Gasteiger partial charge in [-0.05, 0) is 66.1 Å². The summed E-state index contributed by atoms with van der Waals surface area (Å²) in [6, 6.07) is 18.0. The number of anilines is 1. The molecule has 0 saturated carbocycles. The summed E-state index contributed by atoms with van der Waals surface area (Å²) in [5.74, 6) is -0.400. The zero-order valence-corrected chi connectivity index (χ0v) is 22.6. The predicted molar refractivity (Wildman–Crippen MR) is 145 cm³/mol. The minimum absolute atomic E-state index is 0.0229. The predicted octanol–water partition coefficient (Wildman–Crippen LogP) is 6.19. The van der Waals surface area contributed by atoms with E-state index in [-0.39, 0.29) is 34.9 Å². The Morgan fingerprint density at radius 2 is 1.58 bits per heavy atom. The molecule has 0 spiro atoms. The molecule has 2 amide bonds. The number of benzene rings is 3. The van der Waals surface area contributed by atoms with Gasteiger partial charge in [-0.2, -0.15) is 0 Å². The Morgan fingerprint density at radius 3 is 2.14 bits per heavy atom. The Balaban J connectivity index is 1.64. The molecule has 0 aliphatic carbocycles. The Bertz CT molecular complexity index is 1340. The van der Waals surface area contributed by atoms with Crippen LogP contribution in [0.5, 0.6) is 0 Å². The fourth-order valence-electron chi connectivity index (χ4n) is 3.89. The summed E-state index contributed by atoms with van der Waals surface area (Å²) in [6.07, 6.45) is 0.763. The number of nitrogens with one attached hydrogen (secondary N) is 1. The minimum Gasteiger partial charge on any atom is -0.335 e. The summed E-state index contributed by atoms with van der Waals surface area (Å²) < 4.78 is 23.9. The molecule has 190 valence electrons. The van der Waals surface area contributed by atoms with Crippen LogP contribution in [0.2, 0.25) is 10.0 Å². The largest absolute Gasteiger partial charge is 0.335 e. The van der Waals surface area contributed by atoms with Crippen LogP contribution < -0.4 is 5.32 Å². The highest BCUT2D eigenvalue weighted by molar-refractivity contribution is 7.91. The second-order valence-corrected chi connectivity index (χ2v) is 11.5. The van der Waals surface area contributed by atoms with Crippen molar-refractivity contribution < 1.29 is 18.0 Å². The summed E-state index contributed by atoms with van der Waals surface area (Å²) in [7, 11) is -1.55. The van der Waals surface area contributed by atoms with Crippen LogP contribution in [0, 0.1) is 0 Å². The van der Waals surface area contributed by atoms with Crippen molar-refractivity contribution in [3.05, 3.63) is 93.5 Å². The van der Waals surface area contributed by atoms with Gasteiger partial charge in [0.25, 0.3) is 5.91 Å². The maximum Gasteiger partial charge on any atom is 0.254 e. The SMILES string of the molecule is CC[C@H](c1ccc(Cl)cc1Cl)N(C)C(=O)c1ccc(NC(=O)Cc2ccc(S(=O)(=O)CC)cc2)cc1. The zero-order chi connectivity index (χ0) is 26.5. The lowest BCUT2D eigenvalue weighted by molar-refractivity contribution is -0.115. The van der Waals surface area contributed by atoms with Crippen LogP contribution in [0.1, 0.15) is 47.8 Å². The molecular formula is C27H28Cl2N2O4S. The first kappa shape index (κ1) is 27.7. The number of carbonyl (C=O) groups excluding carboxylic acids is 2. The van der Waals surface area contributed by atoms with Crippen molar-refractivity contribution in [3.8, 4) is 0 Å². The van der Waals surface area contributed by atoms with E-state index in [1.807, 2.05) is 13.0 Å². The normalized spacial score (nSPS) is 12.1. The average molecular weight is 548 g/mol. The number of nitrogens with zero attached hydrogens (tertiary/aromatic N) is 1. The number of rotatable bonds is 9. The van der Waals surface area contributed by atoms with Gasteiger partial charge in [0.1, 0.15) is 0 Å². The van der Waals surface area contributed by atoms with Crippen LogP contribution in [0.15, 0.2) is 71.6 Å². The second kappa shape index (κ2) is 11.9. The van der Waals surface area contributed by atoms with E-state index in [0.717, 1.165) is 5.56 Å². The fraction of sp³-hybridized carbons (Fsp3) is 0.259. The highest BCUT2D eigenvalue weighted by atomic mass is 35.5. The van der Waals surface area contributed by atoms with Crippen LogP contribution in [0.4, 0.5) is 5.69 Å². The lowest BCUT2D eigenvalue weighted by Gasteiger charge is -2.28. The van der Waals surface area contributed by atoms with Gasteiger partial charge in [-0.3, -0.25) is 9.59 Å². The maximum atomic E-state index is 13.1. The second-order valence-electron chi connectivity index (χ2n) is 8.36. The van der Waals surface area contributed by atoms with E-state index in [4.69, 9.17) is 23.2 Å². The number of hydrogen-bond acceptors (Lipinski definition) is 4. The number of carbonyl (C=O) groups is 2. The van der Waals surface area contributed by atoms with Gasteiger partial charge >= 0.3 is 0 Å². The van der Waals surface area contributed by atoms with E-state index >= 15 is 0 Å². The highest BCUT2D eigenvalue weighted by Crippen LogP contribution is 2.32. The molecule has 0 unspecified atom stereocenters. The minimum atomic E-state index is -3.28. The third-order valence-corrected chi connectivity index (χ3v) is 8.25. The number of hydrogen-bond donors (Lipinski definition) is 1. The zero-order valence-electron chi connectivity index (χ0n) is 20.3. The quantitative estimate of drug-likeness (QED) is 0.346. The van der Waals surface area contributed by atoms with Crippen molar-refractivity contribution in [2.24, 2.45) is 0 Å². The summed E-state index contributed by atoms with van der Waals surface area (Å²) in [5, 5.41) is 3.84. The fourth-order valence-corrected chi connectivity index (χ4v) is 5.31. The summed E-state index contributed by atoms with van der Waals surface area (Å²) in [6.45, 7) is 3.57. The van der Waals surface area contributed by atoms with Crippen molar-refractivity contribution in [1.82, 2.24) is 4.90 Å². The standard InChI is InChI=1S/C27H28Cl2N2O4S/c1-4-25(23-15-10-20(28)17-24(23)29)31(3)27(33)19-8-11-21(12-9-19)30-26(32)16-18-6-13-22(14-7-18)36(34,35)5-2/h6-15,17,25H,4-5,16H2,1-3H3,(H,30,32)/t25-/m1/s1. The lowest BCUT2D eigenvalue weighted by Crippen LogP contribution is -2.31. The Hall–Kier alpha value is -2.87. The van der Waals surface area contributed by atoms with Crippen molar-refractivity contribution in [2.75, 3.05) is 18.1 Å². The van der Waals surface area contributed by atoms with Gasteiger partial charge in [0, 0.05) is 28.3 Å². The van der Waals surface area contributed by atoms with Gasteiger partial charge in [0.05, 0.1) is 23.1 Å². The molecule has 3 aromatic rings. The lowest BCUT2D eigenvalue weighted by atomic mass is 10.0. The molecule has 3 rings (SSSR count). The molecule has 3 aromatic carbocycles. The van der Waals surface area contributed by atoms with Crippen molar-refractivity contribution in [3.63, 3.8) is 0 Å². The van der Waals surface area contributed by atoms with Gasteiger partial charge in [0.15, 0.2) is 9.84 Å². The highest BCUT2D eigenvalue weighted by Gasteiger charge is 2.23. The van der Waals surface area contributed by atoms with Crippen molar-refractivity contribution in [1.29, 1.82) is 0 Å². The number of sulfone groups is 1. The van der Waals surface area contributed by atoms with Crippen molar-refractivity contribution in [2.45, 2.75) is 37.6 Å². The molecule has 0 aromatic heterocycles. The first-order valence-electron chi connectivity index (χ1n) is 11.5. The van der Waals surface area contributed by atoms with Crippen LogP contribution in [-0.2, 0) is 21.1 Å². The van der Waals surface area contributed by atoms with E-state index in [0.29, 0.717) is 33.3 Å². The topological polar surface area (TPSA) is 83.6 Å². The van der Waals surface area contributed by atoms with Crippen molar-refractivity contribution >= 4 is 50.5 Å². The van der Waals surface area contributed by atoms with E-state index < -0.39 is 9.84 Å². The first-order valence-corrected chi connectivity index (χ1v) is 13.9. The molecular weight excluding hydrogens is 519 g/mol. The summed E-state index contributed by atoms with van der Waals surface area (Å²) in [5.41, 5.74) is 2.55. The van der Waals surface area contributed by atoms with E-state index in [2.05, 4.69) is 5.32 Å². The summed E-state index contributed by atoms with van der Waals surface area (Å²) in [4.78, 5) is 27.5. The third kappa shape index (κ3) is 6.66. The van der Waals surface area contributed by atoms with Gasteiger partial charge < -0.3 is 10.2 Å². The van der Waals surface area contributed by atoms with Crippen LogP contribution in [0.3, 0.4) is 0 Å². The first-order chi connectivity index (χ1) is 17.1. The Labute approximate surface area is 222 Å². The Morgan fingerprint density at radius 1 is 0.944 bits per heavy atom. The summed E-state index contributed by atoms with van der Waals surface area (Å²) >= 11 is 12.4. The van der Waals surface area contributed by atoms with Crippen LogP contribution >= 0.6 is 23.2 Å². The van der Waals surface area contributed by atoms with E-state index in [1.165, 1.54) is 12.1 Å². The van der Waals surface area contributed by atoms with E-state index in [1.54, 1.807) is 67.4 Å². The molecule has 0 heterocycles. The monoisotopic (exact) mass is 546 g/mol. The number of amides is 2. The molecule has 0 radical (unpaired) electrons. The third-order valence-electron chi connectivity index (χ3n) is 5.94. The van der Waals surface area contributed by atoms with Gasteiger partial charge in [-0.25, -0.2) is 8.42 Å². The molecule has 0 fully saturated rings. The van der Waals surface area contributed by atoms with Gasteiger partial charge in [-0.15, -0.1) is 0 Å². The molecule has 6 nitrogen and oxygen atoms in total. The molecule has 0 aliphatic heterocycles. The average Bonchev–Trinajstić information content (AvgIpc) is 2.86. The molecule has 0 aliphatic rings. The molecule has 36 heavy (non-hydrogen) atoms. The molecule has 1 N–H and O–H groups in total. The van der Waals surface area contributed by atoms with Crippen LogP contribution in [0.25, 0.3) is 0 Å². The van der Waals surface area contributed by atoms with Gasteiger partial charge in [-0.1, -0.05) is 55.2 Å². The molecule has 0 saturated heterocycles. The van der Waals surface area contributed by atoms with Gasteiger partial charge in [0.2, 0.25) is 5.91 Å². The molecule has 1 atom stereocenters. The number of halogens is 2. The van der Waals surface area contributed by atoms with E-state index in [9.17, 15) is 18.0 Å². The molecule has 0 bridgehead atoms. The Kier molecular flexibility index (Phi) is 9.17. The molecule has 9 heteroatoms.